The van der Waals surface area contributed by atoms with Gasteiger partial charge in [0.1, 0.15) is 17.5 Å². The minimum absolute atomic E-state index is 0.0457. The van der Waals surface area contributed by atoms with Crippen molar-refractivity contribution in [3.63, 3.8) is 0 Å². The molecule has 5 rings (SSSR count). The molecule has 4 fully saturated rings. The Morgan fingerprint density at radius 1 is 1.21 bits per heavy atom. The fourth-order valence-electron chi connectivity index (χ4n) is 5.96. The Hall–Kier alpha value is -2.57. The molecule has 0 spiro atoms. The third kappa shape index (κ3) is 4.23. The Morgan fingerprint density at radius 2 is 1.83 bits per heavy atom. The lowest BCUT2D eigenvalue weighted by Crippen LogP contribution is -2.55. The number of methoxy groups -OCH3 is 1. The van der Waals surface area contributed by atoms with E-state index in [0.29, 0.717) is 23.3 Å². The molecular weight excluding hydrogens is 370 g/mol. The molecule has 7 nitrogen and oxygen atoms in total. The van der Waals surface area contributed by atoms with E-state index in [0.717, 1.165) is 24.8 Å². The maximum absolute atomic E-state index is 12.7. The molecule has 29 heavy (non-hydrogen) atoms. The van der Waals surface area contributed by atoms with Gasteiger partial charge < -0.3 is 20.5 Å². The lowest BCUT2D eigenvalue weighted by molar-refractivity contribution is -0.144. The van der Waals surface area contributed by atoms with Crippen LogP contribution < -0.4 is 11.1 Å². The number of carbonyl (C=O) groups excluding carboxylic acids is 2. The summed E-state index contributed by atoms with van der Waals surface area (Å²) in [5.74, 6) is 1.43. The van der Waals surface area contributed by atoms with Crippen LogP contribution in [0.15, 0.2) is 24.3 Å². The molecule has 156 valence electrons. The van der Waals surface area contributed by atoms with Crippen molar-refractivity contribution in [2.75, 3.05) is 7.11 Å². The second-order valence-corrected chi connectivity index (χ2v) is 9.03. The van der Waals surface area contributed by atoms with E-state index in [2.05, 4.69) is 5.32 Å². The van der Waals surface area contributed by atoms with Crippen LogP contribution in [0.5, 0.6) is 0 Å². The number of hydrogen-bond donors (Lipinski definition) is 3. The third-order valence-electron chi connectivity index (χ3n) is 6.75. The molecule has 0 unspecified atom stereocenters. The van der Waals surface area contributed by atoms with Crippen molar-refractivity contribution in [2.24, 2.45) is 23.5 Å². The molecule has 0 aromatic heterocycles. The molecule has 1 aromatic rings. The Bertz CT molecular complexity index is 787. The van der Waals surface area contributed by atoms with E-state index in [-0.39, 0.29) is 17.9 Å². The van der Waals surface area contributed by atoms with Crippen LogP contribution in [0.25, 0.3) is 0 Å². The molecule has 4 bridgehead atoms. The van der Waals surface area contributed by atoms with Gasteiger partial charge in [-0.15, -0.1) is 0 Å². The van der Waals surface area contributed by atoms with E-state index in [1.54, 1.807) is 18.2 Å². The summed E-state index contributed by atoms with van der Waals surface area (Å²) < 4.78 is 10.8. The molecule has 4 aliphatic rings. The number of rotatable bonds is 6. The van der Waals surface area contributed by atoms with Crippen molar-refractivity contribution in [3.8, 4) is 0 Å². The Balaban J connectivity index is 1.43. The van der Waals surface area contributed by atoms with Crippen LogP contribution in [0.4, 0.5) is 4.79 Å². The molecule has 7 heteroatoms. The minimum atomic E-state index is -0.858. The third-order valence-corrected chi connectivity index (χ3v) is 6.75. The number of benzene rings is 1. The highest BCUT2D eigenvalue weighted by molar-refractivity contribution is 5.95. The summed E-state index contributed by atoms with van der Waals surface area (Å²) in [6.07, 6.45) is 6.31. The van der Waals surface area contributed by atoms with Crippen LogP contribution in [0.1, 0.15) is 49.7 Å². The molecule has 0 heterocycles. The largest absolute Gasteiger partial charge is 0.467 e. The number of nitrogens with one attached hydrogen (secondary N) is 2. The average molecular weight is 399 g/mol. The van der Waals surface area contributed by atoms with Crippen LogP contribution >= 0.6 is 0 Å². The van der Waals surface area contributed by atoms with Gasteiger partial charge in [-0.25, -0.2) is 9.59 Å². The number of hydrogen-bond acceptors (Lipinski definition) is 5. The summed E-state index contributed by atoms with van der Waals surface area (Å²) in [5.41, 5.74) is 6.53. The summed E-state index contributed by atoms with van der Waals surface area (Å²) in [6.45, 7) is 0. The van der Waals surface area contributed by atoms with Gasteiger partial charge in [-0.1, -0.05) is 18.2 Å². The fourth-order valence-corrected chi connectivity index (χ4v) is 5.96. The highest BCUT2D eigenvalue weighted by atomic mass is 16.6. The van der Waals surface area contributed by atoms with Gasteiger partial charge in [0, 0.05) is 12.0 Å². The predicted molar refractivity (Wildman–Crippen MR) is 107 cm³/mol. The molecule has 1 amide bonds. The van der Waals surface area contributed by atoms with Gasteiger partial charge in [0.2, 0.25) is 0 Å². The Morgan fingerprint density at radius 3 is 2.38 bits per heavy atom. The van der Waals surface area contributed by atoms with Gasteiger partial charge >= 0.3 is 12.1 Å². The van der Waals surface area contributed by atoms with Crippen molar-refractivity contribution < 1.29 is 19.1 Å². The van der Waals surface area contributed by atoms with Crippen molar-refractivity contribution in [1.29, 1.82) is 5.41 Å². The van der Waals surface area contributed by atoms with Crippen molar-refractivity contribution in [2.45, 2.75) is 56.6 Å². The molecule has 4 N–H and O–H groups in total. The second kappa shape index (κ2) is 7.69. The molecule has 4 aliphatic carbocycles. The Kier molecular flexibility index (Phi) is 5.23. The number of carbonyl (C=O) groups is 2. The number of alkyl carbamates (subject to hydrolysis) is 1. The minimum Gasteiger partial charge on any atom is -0.467 e. The zero-order valence-corrected chi connectivity index (χ0v) is 16.8. The van der Waals surface area contributed by atoms with E-state index in [1.165, 1.54) is 26.4 Å². The van der Waals surface area contributed by atoms with Crippen LogP contribution in [-0.2, 0) is 20.7 Å². The van der Waals surface area contributed by atoms with Gasteiger partial charge in [-0.05, 0) is 67.9 Å². The number of nitrogens with two attached hydrogens (primary N) is 1. The SMILES string of the molecule is COC(=O)[C@H](Cc1cccc(C(=N)N)c1)NC(=O)OC12CC3CC(CC(C3)C1)C2. The van der Waals surface area contributed by atoms with Crippen molar-refractivity contribution in [3.05, 3.63) is 35.4 Å². The van der Waals surface area contributed by atoms with E-state index in [9.17, 15) is 9.59 Å². The summed E-state index contributed by atoms with van der Waals surface area (Å²) in [7, 11) is 1.30. The van der Waals surface area contributed by atoms with Crippen LogP contribution in [-0.4, -0.2) is 36.7 Å². The fraction of sp³-hybridized carbons (Fsp3) is 0.591. The van der Waals surface area contributed by atoms with Gasteiger partial charge in [0.05, 0.1) is 7.11 Å². The van der Waals surface area contributed by atoms with Crippen molar-refractivity contribution >= 4 is 17.9 Å². The first-order valence-corrected chi connectivity index (χ1v) is 10.4. The predicted octanol–water partition coefficient (Wildman–Crippen LogP) is 2.75. The quantitative estimate of drug-likeness (QED) is 0.387. The maximum Gasteiger partial charge on any atom is 0.408 e. The lowest BCUT2D eigenvalue weighted by atomic mass is 9.54. The molecular formula is C22H29N3O4. The zero-order valence-electron chi connectivity index (χ0n) is 16.8. The standard InChI is InChI=1S/C22H29N3O4/c1-28-20(26)18(9-13-3-2-4-17(8-13)19(23)24)25-21(27)29-22-10-14-5-15(11-22)7-16(6-14)12-22/h2-4,8,14-16,18H,5-7,9-12H2,1H3,(H3,23,24)(H,25,27)/t14?,15?,16?,18-,22?/m0/s1. The van der Waals surface area contributed by atoms with Crippen LogP contribution in [0.3, 0.4) is 0 Å². The van der Waals surface area contributed by atoms with Crippen molar-refractivity contribution in [1.82, 2.24) is 5.32 Å². The normalized spacial score (nSPS) is 30.4. The van der Waals surface area contributed by atoms with Gasteiger partial charge in [-0.2, -0.15) is 0 Å². The van der Waals surface area contributed by atoms with Crippen LogP contribution in [0.2, 0.25) is 0 Å². The molecule has 0 aliphatic heterocycles. The molecule has 0 radical (unpaired) electrons. The second-order valence-electron chi connectivity index (χ2n) is 9.03. The first kappa shape index (κ1) is 19.7. The maximum atomic E-state index is 12.7. The van der Waals surface area contributed by atoms with Gasteiger partial charge in [0.25, 0.3) is 0 Å². The van der Waals surface area contributed by atoms with E-state index in [1.807, 2.05) is 6.07 Å². The topological polar surface area (TPSA) is 115 Å². The summed E-state index contributed by atoms with van der Waals surface area (Å²) >= 11 is 0. The van der Waals surface area contributed by atoms with Crippen LogP contribution in [0, 0.1) is 23.2 Å². The number of ether oxygens (including phenoxy) is 2. The zero-order chi connectivity index (χ0) is 20.6. The molecule has 4 saturated carbocycles. The average Bonchev–Trinajstić information content (AvgIpc) is 2.65. The van der Waals surface area contributed by atoms with E-state index < -0.39 is 18.1 Å². The van der Waals surface area contributed by atoms with Gasteiger partial charge in [0.15, 0.2) is 0 Å². The summed E-state index contributed by atoms with van der Waals surface area (Å²) in [4.78, 5) is 25.0. The van der Waals surface area contributed by atoms with E-state index >= 15 is 0 Å². The Labute approximate surface area is 170 Å². The molecule has 1 aromatic carbocycles. The molecule has 1 atom stereocenters. The monoisotopic (exact) mass is 399 g/mol. The number of amidine groups is 1. The first-order valence-electron chi connectivity index (χ1n) is 10.4. The summed E-state index contributed by atoms with van der Waals surface area (Å²) in [5, 5.41) is 10.3. The van der Waals surface area contributed by atoms with Gasteiger partial charge in [-0.3, -0.25) is 5.41 Å². The highest BCUT2D eigenvalue weighted by Crippen LogP contribution is 2.57. The highest BCUT2D eigenvalue weighted by Gasteiger charge is 2.53. The number of amides is 1. The number of esters is 1. The first-order chi connectivity index (χ1) is 13.9. The lowest BCUT2D eigenvalue weighted by Gasteiger charge is -2.55. The molecule has 0 saturated heterocycles. The van der Waals surface area contributed by atoms with E-state index in [4.69, 9.17) is 20.6 Å². The summed E-state index contributed by atoms with van der Waals surface area (Å²) in [6, 6.07) is 6.21. The number of nitrogen functional groups attached to an aromatic ring is 1. The smallest absolute Gasteiger partial charge is 0.408 e.